The Bertz CT molecular complexity index is 770. The van der Waals surface area contributed by atoms with Crippen molar-refractivity contribution in [3.05, 3.63) is 55.0 Å². The molecule has 4 N–H and O–H groups in total. The third-order valence-electron chi connectivity index (χ3n) is 4.47. The van der Waals surface area contributed by atoms with Crippen LogP contribution in [0.15, 0.2) is 12.1 Å². The zero-order chi connectivity index (χ0) is 18.0. The Labute approximate surface area is 159 Å². The molecule has 2 nitrogen and oxygen atoms in total. The van der Waals surface area contributed by atoms with Crippen LogP contribution in [-0.4, -0.2) is 0 Å². The van der Waals surface area contributed by atoms with Gasteiger partial charge in [-0.15, -0.1) is 0 Å². The van der Waals surface area contributed by atoms with Crippen molar-refractivity contribution in [2.24, 2.45) is 0 Å². The fraction of sp³-hybridized carbons (Fsp3) is 0.368. The summed E-state index contributed by atoms with van der Waals surface area (Å²) in [5, 5.41) is 1.92. The van der Waals surface area contributed by atoms with Gasteiger partial charge in [0.1, 0.15) is 0 Å². The molecule has 130 valence electrons. The standard InChI is InChI=1S/C19H23Cl3N2/c1-4-10-7-11(16(21)13(5-2)18(10)23)8-12-9-15(20)19(24)14(6-3)17(12)22/h7,9H,4-6,8,23-24H2,1-3H3. The van der Waals surface area contributed by atoms with E-state index < -0.39 is 0 Å². The number of hydrogen-bond donors (Lipinski definition) is 2. The van der Waals surface area contributed by atoms with Crippen molar-refractivity contribution in [3.8, 4) is 0 Å². The van der Waals surface area contributed by atoms with Gasteiger partial charge in [-0.25, -0.2) is 0 Å². The Morgan fingerprint density at radius 2 is 1.21 bits per heavy atom. The molecular formula is C19H23Cl3N2. The summed E-state index contributed by atoms with van der Waals surface area (Å²) in [6.07, 6.45) is 2.99. The lowest BCUT2D eigenvalue weighted by Gasteiger charge is -2.18. The molecule has 0 aliphatic carbocycles. The Morgan fingerprint density at radius 3 is 1.71 bits per heavy atom. The van der Waals surface area contributed by atoms with Gasteiger partial charge in [0.05, 0.1) is 10.7 Å². The first-order valence-corrected chi connectivity index (χ1v) is 9.32. The highest BCUT2D eigenvalue weighted by molar-refractivity contribution is 6.36. The SMILES string of the molecule is CCc1cc(Cc2cc(Cl)c(N)c(CC)c2Cl)c(Cl)c(CC)c1N. The molecule has 24 heavy (non-hydrogen) atoms. The number of benzene rings is 2. The van der Waals surface area contributed by atoms with E-state index in [1.54, 1.807) is 0 Å². The molecular weight excluding hydrogens is 363 g/mol. The van der Waals surface area contributed by atoms with Crippen molar-refractivity contribution >= 4 is 46.2 Å². The zero-order valence-corrected chi connectivity index (χ0v) is 16.5. The van der Waals surface area contributed by atoms with Gasteiger partial charge in [-0.05, 0) is 53.1 Å². The second kappa shape index (κ2) is 7.86. The fourth-order valence-electron chi connectivity index (χ4n) is 3.05. The topological polar surface area (TPSA) is 52.0 Å². The third kappa shape index (κ3) is 3.46. The summed E-state index contributed by atoms with van der Waals surface area (Å²) in [6, 6.07) is 3.91. The smallest absolute Gasteiger partial charge is 0.0642 e. The van der Waals surface area contributed by atoms with Crippen molar-refractivity contribution in [2.45, 2.75) is 46.5 Å². The molecule has 2 aromatic rings. The maximum absolute atomic E-state index is 6.61. The van der Waals surface area contributed by atoms with E-state index in [9.17, 15) is 0 Å². The van der Waals surface area contributed by atoms with Crippen molar-refractivity contribution < 1.29 is 0 Å². The summed E-state index contributed by atoms with van der Waals surface area (Å²) >= 11 is 19.5. The lowest BCUT2D eigenvalue weighted by molar-refractivity contribution is 1.06. The van der Waals surface area contributed by atoms with Gasteiger partial charge in [0.25, 0.3) is 0 Å². The number of rotatable bonds is 5. The Morgan fingerprint density at radius 1 is 0.708 bits per heavy atom. The monoisotopic (exact) mass is 384 g/mol. The highest BCUT2D eigenvalue weighted by atomic mass is 35.5. The van der Waals surface area contributed by atoms with Crippen LogP contribution in [0.4, 0.5) is 11.4 Å². The predicted octanol–water partition coefficient (Wildman–Crippen LogP) is 6.09. The van der Waals surface area contributed by atoms with Crippen LogP contribution in [0.5, 0.6) is 0 Å². The molecule has 0 radical (unpaired) electrons. The van der Waals surface area contributed by atoms with Gasteiger partial charge in [0, 0.05) is 22.2 Å². The molecule has 0 amide bonds. The van der Waals surface area contributed by atoms with E-state index in [0.29, 0.717) is 27.2 Å². The number of aryl methyl sites for hydroxylation is 1. The van der Waals surface area contributed by atoms with Crippen LogP contribution in [0.2, 0.25) is 15.1 Å². The molecule has 5 heteroatoms. The predicted molar refractivity (Wildman–Crippen MR) is 108 cm³/mol. The quantitative estimate of drug-likeness (QED) is 0.612. The number of hydrogen-bond acceptors (Lipinski definition) is 2. The van der Waals surface area contributed by atoms with Crippen LogP contribution in [-0.2, 0) is 25.7 Å². The van der Waals surface area contributed by atoms with Crippen molar-refractivity contribution in [2.75, 3.05) is 11.5 Å². The Kier molecular flexibility index (Phi) is 6.30. The largest absolute Gasteiger partial charge is 0.398 e. The second-order valence-corrected chi connectivity index (χ2v) is 7.03. The van der Waals surface area contributed by atoms with E-state index in [4.69, 9.17) is 46.3 Å². The van der Waals surface area contributed by atoms with Gasteiger partial charge in [-0.3, -0.25) is 0 Å². The maximum atomic E-state index is 6.61. The summed E-state index contributed by atoms with van der Waals surface area (Å²) < 4.78 is 0. The molecule has 0 spiro atoms. The van der Waals surface area contributed by atoms with E-state index in [1.807, 2.05) is 13.0 Å². The Hall–Kier alpha value is -1.09. The molecule has 0 heterocycles. The van der Waals surface area contributed by atoms with E-state index in [-0.39, 0.29) is 0 Å². The summed E-state index contributed by atoms with van der Waals surface area (Å²) in [6.45, 7) is 6.16. The molecule has 2 aromatic carbocycles. The van der Waals surface area contributed by atoms with Crippen molar-refractivity contribution in [3.63, 3.8) is 0 Å². The zero-order valence-electron chi connectivity index (χ0n) is 14.3. The summed E-state index contributed by atoms with van der Waals surface area (Å²) in [5.41, 5.74) is 18.6. The molecule has 0 aliphatic heterocycles. The van der Waals surface area contributed by atoms with E-state index >= 15 is 0 Å². The van der Waals surface area contributed by atoms with E-state index in [0.717, 1.165) is 52.8 Å². The molecule has 0 bridgehead atoms. The summed E-state index contributed by atoms with van der Waals surface area (Å²) in [7, 11) is 0. The highest BCUT2D eigenvalue weighted by Gasteiger charge is 2.17. The Balaban J connectivity index is 2.59. The first kappa shape index (κ1) is 19.2. The minimum Gasteiger partial charge on any atom is -0.398 e. The molecule has 0 saturated carbocycles. The van der Waals surface area contributed by atoms with Crippen LogP contribution in [0.3, 0.4) is 0 Å². The number of halogens is 3. The van der Waals surface area contributed by atoms with Gasteiger partial charge in [0.2, 0.25) is 0 Å². The molecule has 0 atom stereocenters. The molecule has 0 aromatic heterocycles. The number of anilines is 2. The van der Waals surface area contributed by atoms with Crippen LogP contribution >= 0.6 is 34.8 Å². The summed E-state index contributed by atoms with van der Waals surface area (Å²) in [4.78, 5) is 0. The first-order valence-electron chi connectivity index (χ1n) is 8.19. The first-order chi connectivity index (χ1) is 11.3. The summed E-state index contributed by atoms with van der Waals surface area (Å²) in [5.74, 6) is 0. The normalized spacial score (nSPS) is 11.1. The average molecular weight is 386 g/mol. The molecule has 0 unspecified atom stereocenters. The fourth-order valence-corrected chi connectivity index (χ4v) is 4.01. The maximum Gasteiger partial charge on any atom is 0.0642 e. The van der Waals surface area contributed by atoms with Crippen molar-refractivity contribution in [1.82, 2.24) is 0 Å². The van der Waals surface area contributed by atoms with E-state index in [2.05, 4.69) is 19.9 Å². The second-order valence-electron chi connectivity index (χ2n) is 5.86. The molecule has 0 aliphatic rings. The van der Waals surface area contributed by atoms with Gasteiger partial charge < -0.3 is 11.5 Å². The van der Waals surface area contributed by atoms with E-state index in [1.165, 1.54) is 0 Å². The van der Waals surface area contributed by atoms with Gasteiger partial charge in [0.15, 0.2) is 0 Å². The van der Waals surface area contributed by atoms with Gasteiger partial charge >= 0.3 is 0 Å². The highest BCUT2D eigenvalue weighted by Crippen LogP contribution is 2.37. The lowest BCUT2D eigenvalue weighted by Crippen LogP contribution is -2.05. The van der Waals surface area contributed by atoms with Crippen LogP contribution < -0.4 is 11.5 Å². The molecule has 0 fully saturated rings. The minimum atomic E-state index is 0.532. The van der Waals surface area contributed by atoms with Crippen LogP contribution in [0, 0.1) is 0 Å². The third-order valence-corrected chi connectivity index (χ3v) is 5.72. The minimum absolute atomic E-state index is 0.532. The average Bonchev–Trinajstić information content (AvgIpc) is 2.56. The number of nitrogen functional groups attached to an aromatic ring is 2. The number of nitrogens with two attached hydrogens (primary N) is 2. The van der Waals surface area contributed by atoms with Gasteiger partial charge in [-0.1, -0.05) is 61.6 Å². The lowest BCUT2D eigenvalue weighted by atomic mass is 9.94. The van der Waals surface area contributed by atoms with Crippen LogP contribution in [0.25, 0.3) is 0 Å². The molecule has 2 rings (SSSR count). The van der Waals surface area contributed by atoms with Crippen LogP contribution in [0.1, 0.15) is 48.6 Å². The van der Waals surface area contributed by atoms with Crippen molar-refractivity contribution in [1.29, 1.82) is 0 Å². The molecule has 0 saturated heterocycles. The van der Waals surface area contributed by atoms with Gasteiger partial charge in [-0.2, -0.15) is 0 Å².